The Morgan fingerprint density at radius 3 is 2.10 bits per heavy atom. The number of ether oxygens (including phenoxy) is 1. The number of rotatable bonds is 7. The summed E-state index contributed by atoms with van der Waals surface area (Å²) in [6, 6.07) is 29.2. The van der Waals surface area contributed by atoms with Gasteiger partial charge in [-0.2, -0.15) is 0 Å². The minimum absolute atomic E-state index is 0.0558. The van der Waals surface area contributed by atoms with Crippen molar-refractivity contribution < 1.29 is 9.84 Å². The van der Waals surface area contributed by atoms with Crippen LogP contribution in [0.1, 0.15) is 28.2 Å². The molecule has 0 aromatic heterocycles. The summed E-state index contributed by atoms with van der Waals surface area (Å²) in [6.45, 7) is 6.19. The van der Waals surface area contributed by atoms with Gasteiger partial charge in [-0.25, -0.2) is 0 Å². The Kier molecular flexibility index (Phi) is 6.63. The maximum atomic E-state index is 12.4. The number of benzene rings is 3. The van der Waals surface area contributed by atoms with Crippen LogP contribution in [0, 0.1) is 6.92 Å². The van der Waals surface area contributed by atoms with E-state index >= 15 is 0 Å². The van der Waals surface area contributed by atoms with Gasteiger partial charge in [0.15, 0.2) is 0 Å². The molecule has 1 saturated heterocycles. The molecular formula is C27H31NO2. The van der Waals surface area contributed by atoms with Crippen LogP contribution in [0.5, 0.6) is 0 Å². The molecule has 1 aliphatic heterocycles. The Labute approximate surface area is 179 Å². The molecule has 3 nitrogen and oxygen atoms in total. The molecule has 3 heteroatoms. The van der Waals surface area contributed by atoms with Gasteiger partial charge in [-0.3, -0.25) is 4.90 Å². The third-order valence-electron chi connectivity index (χ3n) is 6.19. The lowest BCUT2D eigenvalue weighted by Gasteiger charge is -2.41. The van der Waals surface area contributed by atoms with Crippen LogP contribution in [0.2, 0.25) is 0 Å². The van der Waals surface area contributed by atoms with Gasteiger partial charge in [0.2, 0.25) is 0 Å². The van der Waals surface area contributed by atoms with Crippen molar-refractivity contribution in [1.82, 2.24) is 4.90 Å². The van der Waals surface area contributed by atoms with E-state index in [1.54, 1.807) is 0 Å². The molecule has 1 aliphatic rings. The van der Waals surface area contributed by atoms with E-state index < -0.39 is 5.60 Å². The molecule has 156 valence electrons. The number of aryl methyl sites for hydroxylation is 1. The molecule has 3 aromatic rings. The first-order valence-corrected chi connectivity index (χ1v) is 10.8. The molecule has 0 radical (unpaired) electrons. The zero-order chi connectivity index (χ0) is 20.8. The van der Waals surface area contributed by atoms with Crippen LogP contribution >= 0.6 is 0 Å². The summed E-state index contributed by atoms with van der Waals surface area (Å²) in [5, 5.41) is 12.4. The van der Waals surface area contributed by atoms with Gasteiger partial charge in [-0.1, -0.05) is 90.5 Å². The summed E-state index contributed by atoms with van der Waals surface area (Å²) >= 11 is 0. The topological polar surface area (TPSA) is 32.7 Å². The number of nitrogens with zero attached hydrogens (tertiary/aromatic N) is 1. The zero-order valence-corrected chi connectivity index (χ0v) is 17.7. The fourth-order valence-corrected chi connectivity index (χ4v) is 4.44. The molecule has 0 unspecified atom stereocenters. The highest BCUT2D eigenvalue weighted by atomic mass is 16.5. The number of aliphatic hydroxyl groups is 1. The molecule has 3 aromatic carbocycles. The molecule has 1 N–H and O–H groups in total. The highest BCUT2D eigenvalue weighted by molar-refractivity contribution is 5.36. The minimum Gasteiger partial charge on any atom is -0.384 e. The summed E-state index contributed by atoms with van der Waals surface area (Å²) in [4.78, 5) is 2.42. The summed E-state index contributed by atoms with van der Waals surface area (Å²) in [5.41, 5.74) is 3.46. The van der Waals surface area contributed by atoms with E-state index in [-0.39, 0.29) is 5.92 Å². The van der Waals surface area contributed by atoms with Gasteiger partial charge >= 0.3 is 0 Å². The molecule has 0 spiro atoms. The quantitative estimate of drug-likeness (QED) is 0.631. The molecule has 1 heterocycles. The predicted octanol–water partition coefficient (Wildman–Crippen LogP) is 4.54. The van der Waals surface area contributed by atoms with Crippen LogP contribution < -0.4 is 0 Å². The lowest BCUT2D eigenvalue weighted by Crippen LogP contribution is -2.45. The van der Waals surface area contributed by atoms with Crippen molar-refractivity contribution in [1.29, 1.82) is 0 Å². The van der Waals surface area contributed by atoms with Gasteiger partial charge in [0.05, 0.1) is 13.2 Å². The second-order valence-electron chi connectivity index (χ2n) is 8.33. The molecule has 30 heavy (non-hydrogen) atoms. The maximum absolute atomic E-state index is 12.4. The first kappa shape index (κ1) is 20.8. The lowest BCUT2D eigenvalue weighted by molar-refractivity contribution is -0.0223. The van der Waals surface area contributed by atoms with E-state index in [4.69, 9.17) is 4.74 Å². The summed E-state index contributed by atoms with van der Waals surface area (Å²) in [6.07, 6.45) is 0.570. The van der Waals surface area contributed by atoms with E-state index in [1.165, 1.54) is 11.1 Å². The van der Waals surface area contributed by atoms with Crippen molar-refractivity contribution in [3.8, 4) is 0 Å². The van der Waals surface area contributed by atoms with Crippen LogP contribution in [0.3, 0.4) is 0 Å². The van der Waals surface area contributed by atoms with Crippen molar-refractivity contribution in [3.63, 3.8) is 0 Å². The molecule has 4 rings (SSSR count). The van der Waals surface area contributed by atoms with E-state index in [0.29, 0.717) is 6.42 Å². The van der Waals surface area contributed by atoms with E-state index in [1.807, 2.05) is 24.3 Å². The summed E-state index contributed by atoms with van der Waals surface area (Å²) in [5.74, 6) is -0.0558. The van der Waals surface area contributed by atoms with Crippen molar-refractivity contribution in [2.75, 3.05) is 32.8 Å². The van der Waals surface area contributed by atoms with Crippen LogP contribution in [0.15, 0.2) is 84.9 Å². The smallest absolute Gasteiger partial charge is 0.102 e. The molecule has 0 amide bonds. The highest BCUT2D eigenvalue weighted by Gasteiger charge is 2.40. The number of hydrogen-bond acceptors (Lipinski definition) is 3. The van der Waals surface area contributed by atoms with Crippen molar-refractivity contribution in [2.45, 2.75) is 24.9 Å². The van der Waals surface area contributed by atoms with Crippen LogP contribution in [0.4, 0.5) is 0 Å². The van der Waals surface area contributed by atoms with Crippen molar-refractivity contribution >= 4 is 0 Å². The molecule has 1 fully saturated rings. The molecule has 0 saturated carbocycles. The van der Waals surface area contributed by atoms with Crippen molar-refractivity contribution in [3.05, 3.63) is 107 Å². The number of morpholine rings is 1. The second-order valence-corrected chi connectivity index (χ2v) is 8.33. The normalized spacial score (nSPS) is 17.9. The van der Waals surface area contributed by atoms with Crippen molar-refractivity contribution in [2.24, 2.45) is 0 Å². The first-order valence-electron chi connectivity index (χ1n) is 10.8. The standard InChI is InChI=1S/C27H31NO2/c1-22-12-14-25(15-13-22)27(29,20-23-8-4-2-5-9-23)26(24-10-6-3-7-11-24)21-28-16-18-30-19-17-28/h2-15,26,29H,16-21H2,1H3/t26-,27-/m1/s1. The molecule has 0 bridgehead atoms. The van der Waals surface area contributed by atoms with Gasteiger partial charge in [-0.15, -0.1) is 0 Å². The second kappa shape index (κ2) is 9.57. The molecular weight excluding hydrogens is 370 g/mol. The predicted molar refractivity (Wildman–Crippen MR) is 122 cm³/mol. The van der Waals surface area contributed by atoms with E-state index in [9.17, 15) is 5.11 Å². The van der Waals surface area contributed by atoms with Gasteiger partial charge in [0.25, 0.3) is 0 Å². The SMILES string of the molecule is Cc1ccc([C@](O)(Cc2ccccc2)[C@H](CN2CCOCC2)c2ccccc2)cc1. The Balaban J connectivity index is 1.77. The third kappa shape index (κ3) is 4.81. The summed E-state index contributed by atoms with van der Waals surface area (Å²) in [7, 11) is 0. The van der Waals surface area contributed by atoms with E-state index in [2.05, 4.69) is 72.5 Å². The minimum atomic E-state index is -1.02. The Morgan fingerprint density at radius 1 is 0.867 bits per heavy atom. The van der Waals surface area contributed by atoms with Gasteiger partial charge in [-0.05, 0) is 23.6 Å². The first-order chi connectivity index (χ1) is 14.6. The third-order valence-corrected chi connectivity index (χ3v) is 6.19. The van der Waals surface area contributed by atoms with Gasteiger partial charge in [0.1, 0.15) is 5.60 Å². The summed E-state index contributed by atoms with van der Waals surface area (Å²) < 4.78 is 5.56. The lowest BCUT2D eigenvalue weighted by atomic mass is 9.73. The van der Waals surface area contributed by atoms with Gasteiger partial charge < -0.3 is 9.84 Å². The monoisotopic (exact) mass is 401 g/mol. The maximum Gasteiger partial charge on any atom is 0.102 e. The van der Waals surface area contributed by atoms with Crippen LogP contribution in [-0.4, -0.2) is 42.9 Å². The zero-order valence-electron chi connectivity index (χ0n) is 17.7. The highest BCUT2D eigenvalue weighted by Crippen LogP contribution is 2.40. The fourth-order valence-electron chi connectivity index (χ4n) is 4.44. The van der Waals surface area contributed by atoms with Crippen LogP contribution in [-0.2, 0) is 16.8 Å². The molecule has 2 atom stereocenters. The fraction of sp³-hybridized carbons (Fsp3) is 0.333. The Bertz CT molecular complexity index is 905. The van der Waals surface area contributed by atoms with Gasteiger partial charge in [0, 0.05) is 32.0 Å². The Morgan fingerprint density at radius 2 is 1.47 bits per heavy atom. The average molecular weight is 402 g/mol. The Hall–Kier alpha value is -2.46. The van der Waals surface area contributed by atoms with Crippen LogP contribution in [0.25, 0.3) is 0 Å². The van der Waals surface area contributed by atoms with E-state index in [0.717, 1.165) is 44.0 Å². The average Bonchev–Trinajstić information content (AvgIpc) is 2.80. The molecule has 0 aliphatic carbocycles. The largest absolute Gasteiger partial charge is 0.384 e. The number of hydrogen-bond donors (Lipinski definition) is 1.